The molecule has 2 aromatic carbocycles. The maximum Gasteiger partial charge on any atom is 0.240 e. The number of methoxy groups -OCH3 is 1. The summed E-state index contributed by atoms with van der Waals surface area (Å²) in [6.45, 7) is 1.44. The Morgan fingerprint density at radius 2 is 1.64 bits per heavy atom. The molecule has 0 spiro atoms. The number of amides is 1. The third-order valence-electron chi connectivity index (χ3n) is 3.75. The van der Waals surface area contributed by atoms with Crippen LogP contribution in [0.1, 0.15) is 12.5 Å². The van der Waals surface area contributed by atoms with E-state index in [1.807, 2.05) is 0 Å². The Kier molecular flexibility index (Phi) is 6.77. The largest absolute Gasteiger partial charge is 0.495 e. The van der Waals surface area contributed by atoms with Gasteiger partial charge in [-0.1, -0.05) is 12.1 Å². The van der Waals surface area contributed by atoms with E-state index in [-0.39, 0.29) is 28.0 Å². The number of anilines is 1. The van der Waals surface area contributed by atoms with Gasteiger partial charge in [0.1, 0.15) is 5.75 Å². The zero-order valence-corrected chi connectivity index (χ0v) is 16.9. The molecule has 2 aromatic rings. The van der Waals surface area contributed by atoms with Crippen LogP contribution in [-0.4, -0.2) is 36.4 Å². The number of ether oxygens (including phenoxy) is 1. The fourth-order valence-electron chi connectivity index (χ4n) is 2.39. The summed E-state index contributed by atoms with van der Waals surface area (Å²) < 4.78 is 55.0. The zero-order valence-electron chi connectivity index (χ0n) is 15.3. The number of benzene rings is 2. The second-order valence-electron chi connectivity index (χ2n) is 5.88. The van der Waals surface area contributed by atoms with Gasteiger partial charge in [0.05, 0.1) is 22.6 Å². The monoisotopic (exact) mass is 427 g/mol. The Morgan fingerprint density at radius 1 is 1.04 bits per heavy atom. The quantitative estimate of drug-likeness (QED) is 0.569. The van der Waals surface area contributed by atoms with Crippen LogP contribution in [0.15, 0.2) is 52.3 Å². The number of nitrogens with one attached hydrogen (secondary N) is 2. The van der Waals surface area contributed by atoms with Crippen molar-refractivity contribution in [3.63, 3.8) is 0 Å². The van der Waals surface area contributed by atoms with E-state index in [1.165, 1.54) is 44.4 Å². The highest BCUT2D eigenvalue weighted by Gasteiger charge is 2.17. The summed E-state index contributed by atoms with van der Waals surface area (Å²) in [5.74, 6) is -0.0860. The average Bonchev–Trinajstić information content (AvgIpc) is 2.61. The van der Waals surface area contributed by atoms with E-state index < -0.39 is 20.0 Å². The van der Waals surface area contributed by atoms with Crippen molar-refractivity contribution in [2.45, 2.75) is 23.1 Å². The highest BCUT2D eigenvalue weighted by Crippen LogP contribution is 2.27. The van der Waals surface area contributed by atoms with Crippen molar-refractivity contribution in [1.82, 2.24) is 4.72 Å². The third kappa shape index (κ3) is 5.76. The second-order valence-corrected chi connectivity index (χ2v) is 9.21. The van der Waals surface area contributed by atoms with Crippen molar-refractivity contribution in [3.8, 4) is 5.75 Å². The van der Waals surface area contributed by atoms with Crippen LogP contribution in [0.3, 0.4) is 0 Å². The molecule has 28 heavy (non-hydrogen) atoms. The van der Waals surface area contributed by atoms with E-state index in [1.54, 1.807) is 12.1 Å². The Hall–Kier alpha value is -2.47. The molecular weight excluding hydrogens is 406 g/mol. The van der Waals surface area contributed by atoms with Gasteiger partial charge in [0.15, 0.2) is 0 Å². The first-order valence-electron chi connectivity index (χ1n) is 8.10. The molecule has 0 saturated heterocycles. The summed E-state index contributed by atoms with van der Waals surface area (Å²) in [7, 11) is -6.19. The van der Waals surface area contributed by atoms with Gasteiger partial charge >= 0.3 is 0 Å². The summed E-state index contributed by atoms with van der Waals surface area (Å²) in [4.78, 5) is 11.2. The second kappa shape index (κ2) is 8.69. The predicted octanol–water partition coefficient (Wildman–Crippen LogP) is 0.822. The number of hydrogen-bond acceptors (Lipinski definition) is 6. The van der Waals surface area contributed by atoms with Gasteiger partial charge in [0.25, 0.3) is 0 Å². The highest BCUT2D eigenvalue weighted by atomic mass is 32.2. The van der Waals surface area contributed by atoms with Crippen LogP contribution in [0.25, 0.3) is 0 Å². The first-order chi connectivity index (χ1) is 13.0. The van der Waals surface area contributed by atoms with Crippen LogP contribution in [0, 0.1) is 0 Å². The minimum atomic E-state index is -3.80. The molecule has 0 fully saturated rings. The minimum absolute atomic E-state index is 0.0109. The van der Waals surface area contributed by atoms with Gasteiger partial charge in [-0.2, -0.15) is 0 Å². The molecule has 0 unspecified atom stereocenters. The number of carbonyl (C=O) groups is 1. The van der Waals surface area contributed by atoms with Crippen LogP contribution in [0.4, 0.5) is 5.69 Å². The Labute approximate surface area is 164 Å². The Bertz CT molecular complexity index is 1060. The summed E-state index contributed by atoms with van der Waals surface area (Å²) >= 11 is 0. The molecule has 2 rings (SSSR count). The van der Waals surface area contributed by atoms with Gasteiger partial charge in [-0.05, 0) is 36.2 Å². The average molecular weight is 428 g/mol. The first-order valence-corrected chi connectivity index (χ1v) is 11.1. The van der Waals surface area contributed by atoms with E-state index in [2.05, 4.69) is 10.0 Å². The lowest BCUT2D eigenvalue weighted by Crippen LogP contribution is -2.26. The van der Waals surface area contributed by atoms with E-state index in [0.717, 1.165) is 5.56 Å². The fourth-order valence-corrected chi connectivity index (χ4v) is 3.95. The van der Waals surface area contributed by atoms with Crippen molar-refractivity contribution in [2.75, 3.05) is 19.0 Å². The molecule has 11 heteroatoms. The molecule has 0 heterocycles. The molecule has 0 aliphatic rings. The van der Waals surface area contributed by atoms with Gasteiger partial charge in [0, 0.05) is 19.5 Å². The number of hydrogen-bond donors (Lipinski definition) is 3. The number of nitrogens with two attached hydrogens (primary N) is 1. The lowest BCUT2D eigenvalue weighted by molar-refractivity contribution is -0.114. The summed E-state index contributed by atoms with van der Waals surface area (Å²) in [6, 6.07) is 9.99. The predicted molar refractivity (Wildman–Crippen MR) is 104 cm³/mol. The van der Waals surface area contributed by atoms with Crippen molar-refractivity contribution in [3.05, 3.63) is 48.0 Å². The standard InChI is InChI=1S/C17H21N3O6S2/c1-12(21)20-16-8-7-15(11-17(16)26-2)28(24,25)19-10-9-13-3-5-14(6-4-13)27(18,22)23/h3-8,11,19H,9-10H2,1-2H3,(H,20,21)(H2,18,22,23). The molecule has 0 atom stereocenters. The first kappa shape index (κ1) is 21.8. The summed E-state index contributed by atoms with van der Waals surface area (Å²) in [5, 5.41) is 7.59. The number of rotatable bonds is 8. The molecule has 0 bridgehead atoms. The molecule has 0 saturated carbocycles. The van der Waals surface area contributed by atoms with Crippen molar-refractivity contribution >= 4 is 31.6 Å². The Balaban J connectivity index is 2.06. The number of primary sulfonamides is 1. The zero-order chi connectivity index (χ0) is 20.9. The summed E-state index contributed by atoms with van der Waals surface area (Å²) in [6.07, 6.45) is 0.352. The molecule has 1 amide bonds. The van der Waals surface area contributed by atoms with Crippen molar-refractivity contribution < 1.29 is 26.4 Å². The van der Waals surface area contributed by atoms with Gasteiger partial charge < -0.3 is 10.1 Å². The van der Waals surface area contributed by atoms with E-state index in [4.69, 9.17) is 9.88 Å². The van der Waals surface area contributed by atoms with Crippen molar-refractivity contribution in [1.29, 1.82) is 0 Å². The summed E-state index contributed by atoms with van der Waals surface area (Å²) in [5.41, 5.74) is 1.11. The fraction of sp³-hybridized carbons (Fsp3) is 0.235. The SMILES string of the molecule is COc1cc(S(=O)(=O)NCCc2ccc(S(N)(=O)=O)cc2)ccc1NC(C)=O. The lowest BCUT2D eigenvalue weighted by atomic mass is 10.2. The highest BCUT2D eigenvalue weighted by molar-refractivity contribution is 7.89. The van der Waals surface area contributed by atoms with Gasteiger partial charge in [-0.25, -0.2) is 26.7 Å². The molecule has 0 aliphatic carbocycles. The number of carbonyl (C=O) groups excluding carboxylic acids is 1. The number of sulfonamides is 2. The van der Waals surface area contributed by atoms with Crippen LogP contribution >= 0.6 is 0 Å². The van der Waals surface area contributed by atoms with Gasteiger partial charge in [0.2, 0.25) is 26.0 Å². The van der Waals surface area contributed by atoms with Gasteiger partial charge in [-0.3, -0.25) is 4.79 Å². The normalized spacial score (nSPS) is 11.8. The molecule has 9 nitrogen and oxygen atoms in total. The third-order valence-corrected chi connectivity index (χ3v) is 6.14. The molecule has 4 N–H and O–H groups in total. The van der Waals surface area contributed by atoms with Gasteiger partial charge in [-0.15, -0.1) is 0 Å². The van der Waals surface area contributed by atoms with Crippen LogP contribution in [0.5, 0.6) is 5.75 Å². The molecule has 152 valence electrons. The van der Waals surface area contributed by atoms with Crippen LogP contribution < -0.4 is 19.9 Å². The maximum absolute atomic E-state index is 12.5. The molecular formula is C17H21N3O6S2. The Morgan fingerprint density at radius 3 is 2.18 bits per heavy atom. The smallest absolute Gasteiger partial charge is 0.240 e. The minimum Gasteiger partial charge on any atom is -0.495 e. The van der Waals surface area contributed by atoms with E-state index in [9.17, 15) is 21.6 Å². The van der Waals surface area contributed by atoms with E-state index >= 15 is 0 Å². The molecule has 0 radical (unpaired) electrons. The maximum atomic E-state index is 12.5. The van der Waals surface area contributed by atoms with E-state index in [0.29, 0.717) is 12.1 Å². The molecule has 0 aromatic heterocycles. The van der Waals surface area contributed by atoms with Crippen LogP contribution in [-0.2, 0) is 31.3 Å². The topological polar surface area (TPSA) is 145 Å². The van der Waals surface area contributed by atoms with Crippen molar-refractivity contribution in [2.24, 2.45) is 5.14 Å². The molecule has 0 aliphatic heterocycles. The lowest BCUT2D eigenvalue weighted by Gasteiger charge is -2.12. The van der Waals surface area contributed by atoms with Crippen LogP contribution in [0.2, 0.25) is 0 Å².